The molecule has 2 fully saturated rings. The quantitative estimate of drug-likeness (QED) is 0.835. The summed E-state index contributed by atoms with van der Waals surface area (Å²) in [5, 5.41) is 0. The van der Waals surface area contributed by atoms with Crippen molar-refractivity contribution < 1.29 is 4.74 Å². The first kappa shape index (κ1) is 15.2. The van der Waals surface area contributed by atoms with Gasteiger partial charge < -0.3 is 15.4 Å². The largest absolute Gasteiger partial charge is 0.376 e. The van der Waals surface area contributed by atoms with Crippen molar-refractivity contribution in [2.24, 2.45) is 5.73 Å². The Hall–Kier alpha value is -0.160. The predicted octanol–water partition coefficient (Wildman–Crippen LogP) is 1.30. The van der Waals surface area contributed by atoms with Crippen LogP contribution in [0.15, 0.2) is 0 Å². The zero-order valence-electron chi connectivity index (χ0n) is 12.9. The molecule has 0 aromatic rings. The van der Waals surface area contributed by atoms with Gasteiger partial charge >= 0.3 is 0 Å². The molecule has 0 saturated carbocycles. The van der Waals surface area contributed by atoms with Gasteiger partial charge in [0.2, 0.25) is 0 Å². The van der Waals surface area contributed by atoms with E-state index in [9.17, 15) is 0 Å². The Balaban J connectivity index is 2.02. The van der Waals surface area contributed by atoms with Gasteiger partial charge in [0, 0.05) is 24.7 Å². The van der Waals surface area contributed by atoms with E-state index in [0.29, 0.717) is 12.1 Å². The lowest BCUT2D eigenvalue weighted by Crippen LogP contribution is -2.65. The molecule has 0 aromatic heterocycles. The Morgan fingerprint density at radius 3 is 2.53 bits per heavy atom. The lowest BCUT2D eigenvalue weighted by atomic mass is 9.83. The molecule has 2 heterocycles. The number of likely N-dealkylation sites (tertiary alicyclic amines) is 1. The molecule has 2 saturated heterocycles. The van der Waals surface area contributed by atoms with Crippen LogP contribution in [0.3, 0.4) is 0 Å². The van der Waals surface area contributed by atoms with E-state index in [4.69, 9.17) is 10.5 Å². The van der Waals surface area contributed by atoms with E-state index in [2.05, 4.69) is 30.6 Å². The Bertz CT molecular complexity index is 277. The van der Waals surface area contributed by atoms with Crippen molar-refractivity contribution in [2.45, 2.75) is 57.7 Å². The molecule has 0 aliphatic carbocycles. The molecule has 0 radical (unpaired) electrons. The summed E-state index contributed by atoms with van der Waals surface area (Å²) < 4.78 is 5.77. The van der Waals surface area contributed by atoms with Gasteiger partial charge in [-0.25, -0.2) is 0 Å². The van der Waals surface area contributed by atoms with Gasteiger partial charge in [-0.15, -0.1) is 0 Å². The van der Waals surface area contributed by atoms with Gasteiger partial charge in [-0.2, -0.15) is 0 Å². The molecule has 2 rings (SSSR count). The molecule has 2 aliphatic rings. The monoisotopic (exact) mass is 269 g/mol. The predicted molar refractivity (Wildman–Crippen MR) is 79.3 cm³/mol. The number of nitrogens with two attached hydrogens (primary N) is 1. The minimum atomic E-state index is 0.210. The molecule has 2 unspecified atom stereocenters. The molecule has 0 aromatic carbocycles. The van der Waals surface area contributed by atoms with E-state index in [1.807, 2.05) is 0 Å². The Morgan fingerprint density at radius 1 is 1.26 bits per heavy atom. The molecular weight excluding hydrogens is 238 g/mol. The van der Waals surface area contributed by atoms with Gasteiger partial charge in [0.1, 0.15) is 0 Å². The van der Waals surface area contributed by atoms with E-state index in [1.54, 1.807) is 0 Å². The van der Waals surface area contributed by atoms with Crippen molar-refractivity contribution in [1.82, 2.24) is 9.80 Å². The van der Waals surface area contributed by atoms with Crippen LogP contribution in [0.25, 0.3) is 0 Å². The standard InChI is InChI=1S/C15H31N3O/c1-4-7-17-8-5-15(12-16,6-9-17)18-10-14(3)19-11-13(18)2/h13-14H,4-12,16H2,1-3H3. The number of nitrogens with zero attached hydrogens (tertiary/aromatic N) is 2. The molecule has 0 bridgehead atoms. The van der Waals surface area contributed by atoms with Crippen LogP contribution in [0.4, 0.5) is 0 Å². The van der Waals surface area contributed by atoms with Crippen molar-refractivity contribution in [3.05, 3.63) is 0 Å². The number of morpholine rings is 1. The lowest BCUT2D eigenvalue weighted by Gasteiger charge is -2.53. The van der Waals surface area contributed by atoms with Crippen molar-refractivity contribution in [3.63, 3.8) is 0 Å². The second kappa shape index (κ2) is 6.53. The summed E-state index contributed by atoms with van der Waals surface area (Å²) in [4.78, 5) is 5.23. The summed E-state index contributed by atoms with van der Waals surface area (Å²) >= 11 is 0. The fourth-order valence-corrected chi connectivity index (χ4v) is 3.68. The molecule has 2 aliphatic heterocycles. The van der Waals surface area contributed by atoms with Gasteiger partial charge in [-0.05, 0) is 52.7 Å². The first-order chi connectivity index (χ1) is 9.11. The summed E-state index contributed by atoms with van der Waals surface area (Å²) in [6.45, 7) is 13.0. The SMILES string of the molecule is CCCN1CCC(CN)(N2CC(C)OCC2C)CC1. The fourth-order valence-electron chi connectivity index (χ4n) is 3.68. The maximum absolute atomic E-state index is 6.20. The highest BCUT2D eigenvalue weighted by Gasteiger charge is 2.42. The zero-order valence-corrected chi connectivity index (χ0v) is 12.9. The van der Waals surface area contributed by atoms with Crippen molar-refractivity contribution in [1.29, 1.82) is 0 Å². The number of rotatable bonds is 4. The highest BCUT2D eigenvalue weighted by atomic mass is 16.5. The Kier molecular flexibility index (Phi) is 5.23. The Morgan fingerprint density at radius 2 is 1.95 bits per heavy atom. The van der Waals surface area contributed by atoms with Gasteiger partial charge in [-0.3, -0.25) is 4.90 Å². The van der Waals surface area contributed by atoms with Crippen LogP contribution in [0.5, 0.6) is 0 Å². The molecule has 2 atom stereocenters. The highest BCUT2D eigenvalue weighted by molar-refractivity contribution is 4.99. The summed E-state index contributed by atoms with van der Waals surface area (Å²) in [6, 6.07) is 0.498. The second-order valence-electron chi connectivity index (χ2n) is 6.42. The van der Waals surface area contributed by atoms with Crippen LogP contribution >= 0.6 is 0 Å². The van der Waals surface area contributed by atoms with Crippen molar-refractivity contribution >= 4 is 0 Å². The minimum Gasteiger partial charge on any atom is -0.376 e. The van der Waals surface area contributed by atoms with E-state index < -0.39 is 0 Å². The van der Waals surface area contributed by atoms with Crippen LogP contribution in [0.2, 0.25) is 0 Å². The average molecular weight is 269 g/mol. The smallest absolute Gasteiger partial charge is 0.0675 e. The van der Waals surface area contributed by atoms with Crippen molar-refractivity contribution in [2.75, 3.05) is 39.3 Å². The molecular formula is C15H31N3O. The van der Waals surface area contributed by atoms with Gasteiger partial charge in [-0.1, -0.05) is 6.92 Å². The minimum absolute atomic E-state index is 0.210. The van der Waals surface area contributed by atoms with E-state index in [-0.39, 0.29) is 5.54 Å². The third-order valence-electron chi connectivity index (χ3n) is 4.92. The topological polar surface area (TPSA) is 41.7 Å². The number of hydrogen-bond acceptors (Lipinski definition) is 4. The molecule has 2 N–H and O–H groups in total. The van der Waals surface area contributed by atoms with E-state index in [1.165, 1.54) is 38.9 Å². The fraction of sp³-hybridized carbons (Fsp3) is 1.00. The number of ether oxygens (including phenoxy) is 1. The number of hydrogen-bond donors (Lipinski definition) is 1. The Labute approximate surface area is 118 Å². The van der Waals surface area contributed by atoms with E-state index >= 15 is 0 Å². The van der Waals surface area contributed by atoms with Crippen LogP contribution in [-0.2, 0) is 4.74 Å². The third-order valence-corrected chi connectivity index (χ3v) is 4.92. The zero-order chi connectivity index (χ0) is 13.9. The summed E-state index contributed by atoms with van der Waals surface area (Å²) in [5.41, 5.74) is 6.41. The molecule has 19 heavy (non-hydrogen) atoms. The highest BCUT2D eigenvalue weighted by Crippen LogP contribution is 2.32. The summed E-state index contributed by atoms with van der Waals surface area (Å²) in [5.74, 6) is 0. The average Bonchev–Trinajstić information content (AvgIpc) is 2.43. The van der Waals surface area contributed by atoms with E-state index in [0.717, 1.165) is 19.7 Å². The maximum Gasteiger partial charge on any atom is 0.0675 e. The van der Waals surface area contributed by atoms with Crippen LogP contribution in [0.1, 0.15) is 40.0 Å². The lowest BCUT2D eigenvalue weighted by molar-refractivity contribution is -0.106. The summed E-state index contributed by atoms with van der Waals surface area (Å²) in [6.07, 6.45) is 4.01. The molecule has 112 valence electrons. The first-order valence-corrected chi connectivity index (χ1v) is 7.92. The first-order valence-electron chi connectivity index (χ1n) is 7.92. The van der Waals surface area contributed by atoms with Crippen LogP contribution < -0.4 is 5.73 Å². The van der Waals surface area contributed by atoms with Gasteiger partial charge in [0.15, 0.2) is 0 Å². The molecule has 4 heteroatoms. The number of piperidine rings is 1. The summed E-state index contributed by atoms with van der Waals surface area (Å²) in [7, 11) is 0. The third kappa shape index (κ3) is 3.30. The van der Waals surface area contributed by atoms with Crippen molar-refractivity contribution in [3.8, 4) is 0 Å². The van der Waals surface area contributed by atoms with Gasteiger partial charge in [0.25, 0.3) is 0 Å². The molecule has 0 spiro atoms. The normalized spacial score (nSPS) is 33.5. The second-order valence-corrected chi connectivity index (χ2v) is 6.42. The van der Waals surface area contributed by atoms with Crippen LogP contribution in [0, 0.1) is 0 Å². The van der Waals surface area contributed by atoms with Crippen LogP contribution in [-0.4, -0.2) is 66.8 Å². The molecule has 0 amide bonds. The molecule has 4 nitrogen and oxygen atoms in total. The maximum atomic E-state index is 6.20. The van der Waals surface area contributed by atoms with Gasteiger partial charge in [0.05, 0.1) is 12.7 Å².